The van der Waals surface area contributed by atoms with Crippen molar-refractivity contribution in [3.8, 4) is 11.5 Å². The molecule has 152 valence electrons. The largest absolute Gasteiger partial charge is 0.411 e. The molecule has 0 aliphatic rings. The lowest BCUT2D eigenvalue weighted by Crippen LogP contribution is -2.32. The summed E-state index contributed by atoms with van der Waals surface area (Å²) in [4.78, 5) is 14.4. The van der Waals surface area contributed by atoms with Gasteiger partial charge in [-0.15, -0.1) is 10.2 Å². The van der Waals surface area contributed by atoms with Crippen LogP contribution in [0.15, 0.2) is 64.2 Å². The summed E-state index contributed by atoms with van der Waals surface area (Å²) in [7, 11) is 1.81. The van der Waals surface area contributed by atoms with Crippen LogP contribution in [0.3, 0.4) is 0 Å². The highest BCUT2D eigenvalue weighted by Gasteiger charge is 2.22. The fraction of sp³-hybridized carbons (Fsp3) is 0.348. The maximum atomic E-state index is 12.7. The Balaban J connectivity index is 1.62. The van der Waals surface area contributed by atoms with Crippen LogP contribution in [-0.4, -0.2) is 33.3 Å². The van der Waals surface area contributed by atoms with Crippen molar-refractivity contribution in [1.82, 2.24) is 15.1 Å². The summed E-state index contributed by atoms with van der Waals surface area (Å²) in [5.74, 6) is 0.485. The fourth-order valence-corrected chi connectivity index (χ4v) is 3.73. The lowest BCUT2D eigenvalue weighted by Gasteiger charge is -2.20. The molecule has 0 N–H and O–H groups in total. The van der Waals surface area contributed by atoms with Gasteiger partial charge in [-0.3, -0.25) is 4.79 Å². The first-order valence-corrected chi connectivity index (χ1v) is 10.5. The van der Waals surface area contributed by atoms with E-state index in [0.717, 1.165) is 11.1 Å². The smallest absolute Gasteiger partial charge is 0.277 e. The molecule has 1 heterocycles. The number of thioether (sulfide) groups is 1. The zero-order valence-corrected chi connectivity index (χ0v) is 18.4. The number of amides is 1. The van der Waals surface area contributed by atoms with E-state index >= 15 is 0 Å². The summed E-state index contributed by atoms with van der Waals surface area (Å²) in [6.45, 7) is 8.96. The molecule has 0 bridgehead atoms. The van der Waals surface area contributed by atoms with Crippen LogP contribution in [0.2, 0.25) is 0 Å². The van der Waals surface area contributed by atoms with Crippen LogP contribution < -0.4 is 0 Å². The third-order valence-electron chi connectivity index (χ3n) is 4.67. The molecule has 3 rings (SSSR count). The SMILES string of the molecule is C[C@H](Sc1nnc(-c2ccc(C(C)(C)C)cc2)o1)C(=O)N(C)Cc1ccccc1. The van der Waals surface area contributed by atoms with Crippen LogP contribution in [0.25, 0.3) is 11.5 Å². The molecule has 0 saturated carbocycles. The lowest BCUT2D eigenvalue weighted by atomic mass is 9.87. The molecule has 0 aliphatic heterocycles. The fourth-order valence-electron chi connectivity index (χ4n) is 2.93. The van der Waals surface area contributed by atoms with Crippen molar-refractivity contribution in [2.24, 2.45) is 0 Å². The Bertz CT molecular complexity index is 946. The van der Waals surface area contributed by atoms with Gasteiger partial charge in [-0.05, 0) is 35.6 Å². The number of aromatic nitrogens is 2. The van der Waals surface area contributed by atoms with Gasteiger partial charge in [0.25, 0.3) is 5.22 Å². The number of carbonyl (C=O) groups excluding carboxylic acids is 1. The zero-order chi connectivity index (χ0) is 21.0. The van der Waals surface area contributed by atoms with Crippen molar-refractivity contribution >= 4 is 17.7 Å². The molecule has 0 radical (unpaired) electrons. The quantitative estimate of drug-likeness (QED) is 0.526. The van der Waals surface area contributed by atoms with E-state index in [1.165, 1.54) is 17.3 Å². The predicted molar refractivity (Wildman–Crippen MR) is 117 cm³/mol. The highest BCUT2D eigenvalue weighted by molar-refractivity contribution is 8.00. The number of hydrogen-bond donors (Lipinski definition) is 0. The van der Waals surface area contributed by atoms with Crippen molar-refractivity contribution in [1.29, 1.82) is 0 Å². The molecule has 1 amide bonds. The van der Waals surface area contributed by atoms with E-state index in [2.05, 4.69) is 43.1 Å². The summed E-state index contributed by atoms with van der Waals surface area (Å²) in [6, 6.07) is 18.1. The van der Waals surface area contributed by atoms with Gasteiger partial charge >= 0.3 is 0 Å². The van der Waals surface area contributed by atoms with Crippen LogP contribution in [0, 0.1) is 0 Å². The van der Waals surface area contributed by atoms with Gasteiger partial charge in [0.2, 0.25) is 11.8 Å². The second kappa shape index (κ2) is 8.82. The molecule has 0 aliphatic carbocycles. The van der Waals surface area contributed by atoms with E-state index in [1.807, 2.05) is 56.4 Å². The van der Waals surface area contributed by atoms with Gasteiger partial charge < -0.3 is 9.32 Å². The van der Waals surface area contributed by atoms with Crippen molar-refractivity contribution in [3.63, 3.8) is 0 Å². The third-order valence-corrected chi connectivity index (χ3v) is 5.59. The van der Waals surface area contributed by atoms with E-state index < -0.39 is 0 Å². The van der Waals surface area contributed by atoms with Crippen molar-refractivity contribution in [3.05, 3.63) is 65.7 Å². The molecule has 0 saturated heterocycles. The van der Waals surface area contributed by atoms with Gasteiger partial charge in [-0.1, -0.05) is 75.0 Å². The van der Waals surface area contributed by atoms with Gasteiger partial charge in [0.15, 0.2) is 0 Å². The Morgan fingerprint density at radius 1 is 1.07 bits per heavy atom. The average molecular weight is 410 g/mol. The molecule has 6 heteroatoms. The molecular weight excluding hydrogens is 382 g/mol. The second-order valence-corrected chi connectivity index (χ2v) is 9.43. The van der Waals surface area contributed by atoms with Crippen molar-refractivity contribution < 1.29 is 9.21 Å². The molecule has 3 aromatic rings. The first kappa shape index (κ1) is 21.1. The topological polar surface area (TPSA) is 59.2 Å². The Hall–Kier alpha value is -2.60. The zero-order valence-electron chi connectivity index (χ0n) is 17.5. The van der Waals surface area contributed by atoms with Gasteiger partial charge in [0.05, 0.1) is 5.25 Å². The van der Waals surface area contributed by atoms with Crippen LogP contribution in [-0.2, 0) is 16.8 Å². The first-order chi connectivity index (χ1) is 13.7. The Morgan fingerprint density at radius 3 is 2.34 bits per heavy atom. The number of rotatable bonds is 6. The van der Waals surface area contributed by atoms with Gasteiger partial charge in [-0.25, -0.2) is 0 Å². The minimum absolute atomic E-state index is 0.0214. The van der Waals surface area contributed by atoms with Gasteiger partial charge in [-0.2, -0.15) is 0 Å². The minimum atomic E-state index is -0.319. The maximum absolute atomic E-state index is 12.7. The lowest BCUT2D eigenvalue weighted by molar-refractivity contribution is -0.129. The molecule has 29 heavy (non-hydrogen) atoms. The number of nitrogens with zero attached hydrogens (tertiary/aromatic N) is 3. The summed E-state index contributed by atoms with van der Waals surface area (Å²) in [5, 5.41) is 8.32. The van der Waals surface area contributed by atoms with E-state index in [-0.39, 0.29) is 16.6 Å². The highest BCUT2D eigenvalue weighted by atomic mass is 32.2. The van der Waals surface area contributed by atoms with Gasteiger partial charge in [0, 0.05) is 19.2 Å². The summed E-state index contributed by atoms with van der Waals surface area (Å²) in [6.07, 6.45) is 0. The predicted octanol–water partition coefficient (Wildman–Crippen LogP) is 5.17. The summed E-state index contributed by atoms with van der Waals surface area (Å²) >= 11 is 1.28. The van der Waals surface area contributed by atoms with E-state index in [0.29, 0.717) is 17.7 Å². The first-order valence-electron chi connectivity index (χ1n) is 9.64. The molecule has 0 fully saturated rings. The van der Waals surface area contributed by atoms with Crippen LogP contribution in [0.4, 0.5) is 0 Å². The Kier molecular flexibility index (Phi) is 6.42. The molecule has 1 aromatic heterocycles. The second-order valence-electron chi connectivity index (χ2n) is 8.14. The normalized spacial score (nSPS) is 12.6. The molecule has 0 unspecified atom stereocenters. The van der Waals surface area contributed by atoms with E-state index in [9.17, 15) is 4.79 Å². The molecule has 2 aromatic carbocycles. The standard InChI is InChI=1S/C23H27N3O2S/c1-16(21(27)26(5)15-17-9-7-6-8-10-17)29-22-25-24-20(28-22)18-11-13-19(14-12-18)23(2,3)4/h6-14,16H,15H2,1-5H3/t16-/m0/s1. The summed E-state index contributed by atoms with van der Waals surface area (Å²) < 4.78 is 5.78. The van der Waals surface area contributed by atoms with Crippen LogP contribution >= 0.6 is 11.8 Å². The minimum Gasteiger partial charge on any atom is -0.411 e. The van der Waals surface area contributed by atoms with Crippen molar-refractivity contribution in [2.45, 2.75) is 50.1 Å². The Labute approximate surface area is 176 Å². The maximum Gasteiger partial charge on any atom is 0.277 e. The molecule has 1 atom stereocenters. The third kappa shape index (κ3) is 5.48. The van der Waals surface area contributed by atoms with Gasteiger partial charge in [0.1, 0.15) is 0 Å². The van der Waals surface area contributed by atoms with Crippen LogP contribution in [0.5, 0.6) is 0 Å². The number of benzene rings is 2. The number of hydrogen-bond acceptors (Lipinski definition) is 5. The highest BCUT2D eigenvalue weighted by Crippen LogP contribution is 2.29. The van der Waals surface area contributed by atoms with Crippen molar-refractivity contribution in [2.75, 3.05) is 7.05 Å². The average Bonchev–Trinajstić information content (AvgIpc) is 3.16. The van der Waals surface area contributed by atoms with Crippen LogP contribution in [0.1, 0.15) is 38.8 Å². The monoisotopic (exact) mass is 409 g/mol. The number of carbonyl (C=O) groups is 1. The molecule has 5 nitrogen and oxygen atoms in total. The molecule has 0 spiro atoms. The molecular formula is C23H27N3O2S. The van der Waals surface area contributed by atoms with E-state index in [1.54, 1.807) is 4.90 Å². The van der Waals surface area contributed by atoms with E-state index in [4.69, 9.17) is 4.42 Å². The summed E-state index contributed by atoms with van der Waals surface area (Å²) in [5.41, 5.74) is 3.31. The Morgan fingerprint density at radius 2 is 1.72 bits per heavy atom.